The van der Waals surface area contributed by atoms with Gasteiger partial charge in [-0.25, -0.2) is 4.79 Å². The van der Waals surface area contributed by atoms with Crippen molar-refractivity contribution >= 4 is 11.7 Å². The van der Waals surface area contributed by atoms with Crippen LogP contribution in [-0.2, 0) is 0 Å². The lowest BCUT2D eigenvalue weighted by Crippen LogP contribution is -2.36. The van der Waals surface area contributed by atoms with Gasteiger partial charge in [0.15, 0.2) is 0 Å². The van der Waals surface area contributed by atoms with Crippen molar-refractivity contribution in [3.05, 3.63) is 24.3 Å². The number of rotatable bonds is 23. The molecule has 1 aromatic rings. The first kappa shape index (κ1) is 31.3. The maximum absolute atomic E-state index is 12.0. The van der Waals surface area contributed by atoms with E-state index in [1.165, 1.54) is 128 Å². The molecule has 0 heterocycles. The van der Waals surface area contributed by atoms with E-state index in [0.717, 1.165) is 6.42 Å². The van der Waals surface area contributed by atoms with Gasteiger partial charge in [0, 0.05) is 11.7 Å². The molecule has 202 valence electrons. The Labute approximate surface area is 217 Å². The minimum absolute atomic E-state index is 0.169. The fourth-order valence-corrected chi connectivity index (χ4v) is 4.71. The molecule has 0 aliphatic carbocycles. The Balaban J connectivity index is 1.78. The molecule has 1 rings (SSSR count). The molecular formula is C31H56N2O2. The minimum atomic E-state index is -0.184. The Hall–Kier alpha value is -1.71. The summed E-state index contributed by atoms with van der Waals surface area (Å²) in [5.41, 5.74) is 0.686. The number of anilines is 1. The van der Waals surface area contributed by atoms with Crippen LogP contribution in [0.4, 0.5) is 10.5 Å². The number of aromatic hydroxyl groups is 1. The van der Waals surface area contributed by atoms with Crippen molar-refractivity contribution in [2.24, 2.45) is 0 Å². The maximum Gasteiger partial charge on any atom is 0.319 e. The number of benzene rings is 1. The van der Waals surface area contributed by atoms with Gasteiger partial charge < -0.3 is 15.7 Å². The third-order valence-electron chi connectivity index (χ3n) is 6.99. The van der Waals surface area contributed by atoms with Crippen molar-refractivity contribution in [2.75, 3.05) is 5.32 Å². The van der Waals surface area contributed by atoms with Crippen LogP contribution in [0.2, 0.25) is 0 Å². The highest BCUT2D eigenvalue weighted by atomic mass is 16.3. The van der Waals surface area contributed by atoms with Crippen molar-refractivity contribution in [3.8, 4) is 5.75 Å². The molecule has 1 unspecified atom stereocenters. The second kappa shape index (κ2) is 22.7. The normalized spacial score (nSPS) is 11.9. The zero-order valence-electron chi connectivity index (χ0n) is 23.1. The molecule has 3 N–H and O–H groups in total. The fourth-order valence-electron chi connectivity index (χ4n) is 4.71. The summed E-state index contributed by atoms with van der Waals surface area (Å²) in [5.74, 6) is 0.198. The van der Waals surface area contributed by atoms with Crippen LogP contribution in [0.5, 0.6) is 5.75 Å². The number of phenols is 1. The molecule has 0 aliphatic heterocycles. The van der Waals surface area contributed by atoms with Crippen LogP contribution >= 0.6 is 0 Å². The molecule has 0 bridgehead atoms. The van der Waals surface area contributed by atoms with Gasteiger partial charge in [-0.2, -0.15) is 0 Å². The Morgan fingerprint density at radius 1 is 0.657 bits per heavy atom. The number of carbonyl (C=O) groups excluding carboxylic acids is 1. The average Bonchev–Trinajstić information content (AvgIpc) is 2.84. The van der Waals surface area contributed by atoms with Gasteiger partial charge in [0.1, 0.15) is 5.75 Å². The SMILES string of the molecule is CCCCCCCCCCCCCCCCCCCCCCC(C)NC(=O)Nc1ccc(O)cc1. The second-order valence-corrected chi connectivity index (χ2v) is 10.6. The van der Waals surface area contributed by atoms with Crippen molar-refractivity contribution in [2.45, 2.75) is 155 Å². The van der Waals surface area contributed by atoms with Gasteiger partial charge >= 0.3 is 6.03 Å². The summed E-state index contributed by atoms with van der Waals surface area (Å²) in [6, 6.07) is 6.51. The number of hydrogen-bond donors (Lipinski definition) is 3. The first-order valence-corrected chi connectivity index (χ1v) is 15.0. The number of carbonyl (C=O) groups is 1. The predicted molar refractivity (Wildman–Crippen MR) is 152 cm³/mol. The Morgan fingerprint density at radius 3 is 1.43 bits per heavy atom. The van der Waals surface area contributed by atoms with Crippen LogP contribution in [0, 0.1) is 0 Å². The lowest BCUT2D eigenvalue weighted by Gasteiger charge is -2.14. The predicted octanol–water partition coefficient (Wildman–Crippen LogP) is 10.1. The van der Waals surface area contributed by atoms with Crippen LogP contribution in [0.15, 0.2) is 24.3 Å². The topological polar surface area (TPSA) is 61.4 Å². The van der Waals surface area contributed by atoms with Gasteiger partial charge in [0.05, 0.1) is 0 Å². The van der Waals surface area contributed by atoms with Gasteiger partial charge in [0.25, 0.3) is 0 Å². The van der Waals surface area contributed by atoms with Crippen LogP contribution in [0.25, 0.3) is 0 Å². The molecule has 4 nitrogen and oxygen atoms in total. The summed E-state index contributed by atoms with van der Waals surface area (Å²) in [7, 11) is 0. The lowest BCUT2D eigenvalue weighted by molar-refractivity contribution is 0.248. The molecule has 0 aromatic heterocycles. The maximum atomic E-state index is 12.0. The Kier molecular flexibility index (Phi) is 20.3. The first-order chi connectivity index (χ1) is 17.1. The molecule has 0 saturated carbocycles. The summed E-state index contributed by atoms with van der Waals surface area (Å²) in [6.07, 6.45) is 29.0. The van der Waals surface area contributed by atoms with E-state index in [2.05, 4.69) is 24.5 Å². The van der Waals surface area contributed by atoms with Gasteiger partial charge in [-0.15, -0.1) is 0 Å². The molecule has 0 aliphatic rings. The van der Waals surface area contributed by atoms with Crippen LogP contribution in [0.3, 0.4) is 0 Å². The van der Waals surface area contributed by atoms with E-state index in [9.17, 15) is 9.90 Å². The van der Waals surface area contributed by atoms with Crippen LogP contribution in [-0.4, -0.2) is 17.2 Å². The standard InChI is InChI=1S/C31H56N2O2/c1-3-4-5-6-7-8-9-10-11-12-13-14-15-16-17-18-19-20-21-22-23-28(2)32-31(35)33-29-24-26-30(34)27-25-29/h24-28,34H,3-23H2,1-2H3,(H2,32,33,35). The quantitative estimate of drug-likeness (QED) is 0.106. The summed E-state index contributed by atoms with van der Waals surface area (Å²) < 4.78 is 0. The zero-order chi connectivity index (χ0) is 25.4. The van der Waals surface area contributed by atoms with E-state index in [1.807, 2.05) is 0 Å². The molecule has 0 spiro atoms. The van der Waals surface area contributed by atoms with Gasteiger partial charge in [-0.3, -0.25) is 0 Å². The highest BCUT2D eigenvalue weighted by Gasteiger charge is 2.07. The molecular weight excluding hydrogens is 432 g/mol. The molecule has 0 radical (unpaired) electrons. The van der Waals surface area contributed by atoms with Crippen LogP contribution < -0.4 is 10.6 Å². The van der Waals surface area contributed by atoms with E-state index < -0.39 is 0 Å². The monoisotopic (exact) mass is 488 g/mol. The first-order valence-electron chi connectivity index (χ1n) is 15.0. The molecule has 4 heteroatoms. The molecule has 35 heavy (non-hydrogen) atoms. The third-order valence-corrected chi connectivity index (χ3v) is 6.99. The largest absolute Gasteiger partial charge is 0.508 e. The fraction of sp³-hybridized carbons (Fsp3) is 0.774. The highest BCUT2D eigenvalue weighted by Crippen LogP contribution is 2.16. The summed E-state index contributed by atoms with van der Waals surface area (Å²) in [6.45, 7) is 4.35. The van der Waals surface area contributed by atoms with Gasteiger partial charge in [-0.1, -0.05) is 135 Å². The van der Waals surface area contributed by atoms with Gasteiger partial charge in [-0.05, 0) is 37.6 Å². The van der Waals surface area contributed by atoms with Crippen molar-refractivity contribution in [1.29, 1.82) is 0 Å². The zero-order valence-corrected chi connectivity index (χ0v) is 23.1. The number of urea groups is 1. The minimum Gasteiger partial charge on any atom is -0.508 e. The molecule has 0 fully saturated rings. The summed E-state index contributed by atoms with van der Waals surface area (Å²) >= 11 is 0. The van der Waals surface area contributed by atoms with Crippen molar-refractivity contribution in [1.82, 2.24) is 5.32 Å². The highest BCUT2D eigenvalue weighted by molar-refractivity contribution is 5.89. The molecule has 0 saturated heterocycles. The second-order valence-electron chi connectivity index (χ2n) is 10.6. The van der Waals surface area contributed by atoms with E-state index in [-0.39, 0.29) is 17.8 Å². The van der Waals surface area contributed by atoms with Crippen molar-refractivity contribution < 1.29 is 9.90 Å². The molecule has 2 amide bonds. The molecule has 1 aromatic carbocycles. The third kappa shape index (κ3) is 20.2. The Bertz CT molecular complexity index is 603. The number of amides is 2. The lowest BCUT2D eigenvalue weighted by atomic mass is 10.0. The van der Waals surface area contributed by atoms with E-state index in [1.54, 1.807) is 24.3 Å². The van der Waals surface area contributed by atoms with E-state index >= 15 is 0 Å². The van der Waals surface area contributed by atoms with E-state index in [0.29, 0.717) is 5.69 Å². The Morgan fingerprint density at radius 2 is 1.03 bits per heavy atom. The molecule has 1 atom stereocenters. The van der Waals surface area contributed by atoms with Gasteiger partial charge in [0.2, 0.25) is 0 Å². The smallest absolute Gasteiger partial charge is 0.319 e. The number of hydrogen-bond acceptors (Lipinski definition) is 2. The van der Waals surface area contributed by atoms with Crippen molar-refractivity contribution in [3.63, 3.8) is 0 Å². The van der Waals surface area contributed by atoms with Crippen LogP contribution in [0.1, 0.15) is 149 Å². The van der Waals surface area contributed by atoms with E-state index in [4.69, 9.17) is 0 Å². The number of unbranched alkanes of at least 4 members (excludes halogenated alkanes) is 19. The summed E-state index contributed by atoms with van der Waals surface area (Å²) in [5, 5.41) is 15.1. The summed E-state index contributed by atoms with van der Waals surface area (Å²) in [4.78, 5) is 12.0. The number of nitrogens with one attached hydrogen (secondary N) is 2. The average molecular weight is 489 g/mol. The number of phenolic OH excluding ortho intramolecular Hbond substituents is 1.